The minimum atomic E-state index is -0.699. The number of rotatable bonds is 8. The molecule has 2 rings (SSSR count). The maximum atomic E-state index is 11.7. The first-order chi connectivity index (χ1) is 12.5. The van der Waals surface area contributed by atoms with Crippen molar-refractivity contribution in [2.75, 3.05) is 20.3 Å². The van der Waals surface area contributed by atoms with E-state index in [1.54, 1.807) is 18.2 Å². The molecule has 26 heavy (non-hydrogen) atoms. The van der Waals surface area contributed by atoms with Crippen molar-refractivity contribution in [1.29, 1.82) is 0 Å². The highest BCUT2D eigenvalue weighted by Crippen LogP contribution is 2.28. The molecule has 1 aromatic carbocycles. The van der Waals surface area contributed by atoms with Gasteiger partial charge in [0.15, 0.2) is 18.1 Å². The number of amides is 3. The topological polar surface area (TPSA) is 103 Å². The molecule has 0 aromatic heterocycles. The predicted molar refractivity (Wildman–Crippen MR) is 93.9 cm³/mol. The van der Waals surface area contributed by atoms with Crippen LogP contribution in [-0.2, 0) is 14.3 Å². The van der Waals surface area contributed by atoms with Gasteiger partial charge in [0, 0.05) is 12.1 Å². The Kier molecular flexibility index (Phi) is 7.02. The molecule has 3 amide bonds. The molecule has 2 N–H and O–H groups in total. The lowest BCUT2D eigenvalue weighted by Gasteiger charge is -2.09. The molecule has 0 heterocycles. The third kappa shape index (κ3) is 6.46. The summed E-state index contributed by atoms with van der Waals surface area (Å²) in [6, 6.07) is 4.76. The van der Waals surface area contributed by atoms with Crippen molar-refractivity contribution in [2.45, 2.75) is 25.8 Å². The molecule has 8 heteroatoms. The summed E-state index contributed by atoms with van der Waals surface area (Å²) in [5, 5.41) is 4.69. The molecule has 8 nitrogen and oxygen atoms in total. The number of urea groups is 1. The van der Waals surface area contributed by atoms with E-state index >= 15 is 0 Å². The van der Waals surface area contributed by atoms with E-state index in [1.807, 2.05) is 6.92 Å². The summed E-state index contributed by atoms with van der Waals surface area (Å²) < 4.78 is 15.4. The Morgan fingerprint density at radius 3 is 2.65 bits per heavy atom. The van der Waals surface area contributed by atoms with E-state index < -0.39 is 24.5 Å². The molecule has 0 unspecified atom stereocenters. The van der Waals surface area contributed by atoms with Crippen LogP contribution in [0.2, 0.25) is 0 Å². The molecule has 1 saturated carbocycles. The van der Waals surface area contributed by atoms with Crippen molar-refractivity contribution in [2.24, 2.45) is 0 Å². The molecule has 0 radical (unpaired) electrons. The molecule has 1 fully saturated rings. The molecule has 0 atom stereocenters. The van der Waals surface area contributed by atoms with Gasteiger partial charge in [0.1, 0.15) is 0 Å². The lowest BCUT2D eigenvalue weighted by atomic mass is 10.2. The molecule has 0 bridgehead atoms. The van der Waals surface area contributed by atoms with E-state index in [0.29, 0.717) is 23.7 Å². The minimum Gasteiger partial charge on any atom is -0.493 e. The van der Waals surface area contributed by atoms with Crippen molar-refractivity contribution in [3.05, 3.63) is 29.8 Å². The Balaban J connectivity index is 1.79. The lowest BCUT2D eigenvalue weighted by molar-refractivity contribution is -0.143. The average molecular weight is 362 g/mol. The monoisotopic (exact) mass is 362 g/mol. The van der Waals surface area contributed by atoms with Gasteiger partial charge < -0.3 is 19.5 Å². The van der Waals surface area contributed by atoms with E-state index in [1.165, 1.54) is 19.3 Å². The van der Waals surface area contributed by atoms with E-state index in [0.717, 1.165) is 12.8 Å². The third-order valence-corrected chi connectivity index (χ3v) is 3.41. The maximum absolute atomic E-state index is 11.7. The number of imide groups is 1. The summed E-state index contributed by atoms with van der Waals surface area (Å²) in [4.78, 5) is 34.6. The number of benzene rings is 1. The lowest BCUT2D eigenvalue weighted by Crippen LogP contribution is -2.42. The second-order valence-electron chi connectivity index (χ2n) is 5.58. The second-order valence-corrected chi connectivity index (χ2v) is 5.58. The number of carbonyl (C=O) groups is 3. The van der Waals surface area contributed by atoms with Crippen LogP contribution >= 0.6 is 0 Å². The molecule has 0 spiro atoms. The van der Waals surface area contributed by atoms with Crippen molar-refractivity contribution in [3.63, 3.8) is 0 Å². The molecular formula is C18H22N2O6. The Labute approximate surface area is 151 Å². The van der Waals surface area contributed by atoms with Gasteiger partial charge in [-0.05, 0) is 43.5 Å². The maximum Gasteiger partial charge on any atom is 0.331 e. The van der Waals surface area contributed by atoms with Crippen LogP contribution in [0.25, 0.3) is 6.08 Å². The molecular weight excluding hydrogens is 340 g/mol. The minimum absolute atomic E-state index is 0.138. The summed E-state index contributed by atoms with van der Waals surface area (Å²) >= 11 is 0. The summed E-state index contributed by atoms with van der Waals surface area (Å²) in [5.74, 6) is -0.234. The van der Waals surface area contributed by atoms with Crippen LogP contribution in [0.15, 0.2) is 24.3 Å². The average Bonchev–Trinajstić information content (AvgIpc) is 3.43. The highest BCUT2D eigenvalue weighted by molar-refractivity contribution is 5.96. The smallest absolute Gasteiger partial charge is 0.331 e. The SMILES string of the molecule is CCOc1ccc(/C=C/C(=O)OCC(=O)NC(=O)NC2CC2)cc1OC. The van der Waals surface area contributed by atoms with Gasteiger partial charge in [-0.1, -0.05) is 6.07 Å². The highest BCUT2D eigenvalue weighted by Gasteiger charge is 2.23. The van der Waals surface area contributed by atoms with Gasteiger partial charge in [0.25, 0.3) is 5.91 Å². The predicted octanol–water partition coefficient (Wildman–Crippen LogP) is 1.64. The normalized spacial score (nSPS) is 13.2. The summed E-state index contributed by atoms with van der Waals surface area (Å²) in [6.45, 7) is 1.85. The Morgan fingerprint density at radius 1 is 1.23 bits per heavy atom. The van der Waals surface area contributed by atoms with E-state index in [4.69, 9.17) is 14.2 Å². The van der Waals surface area contributed by atoms with Crippen molar-refractivity contribution in [3.8, 4) is 11.5 Å². The molecule has 1 aromatic rings. The van der Waals surface area contributed by atoms with Crippen LogP contribution < -0.4 is 20.1 Å². The van der Waals surface area contributed by atoms with Crippen molar-refractivity contribution in [1.82, 2.24) is 10.6 Å². The number of hydrogen-bond acceptors (Lipinski definition) is 6. The van der Waals surface area contributed by atoms with E-state index in [9.17, 15) is 14.4 Å². The van der Waals surface area contributed by atoms with Gasteiger partial charge >= 0.3 is 12.0 Å². The van der Waals surface area contributed by atoms with Crippen molar-refractivity contribution < 1.29 is 28.6 Å². The summed E-state index contributed by atoms with van der Waals surface area (Å²) in [5.41, 5.74) is 0.704. The summed E-state index contributed by atoms with van der Waals surface area (Å²) in [6.07, 6.45) is 4.54. The fourth-order valence-electron chi connectivity index (χ4n) is 2.02. The first-order valence-corrected chi connectivity index (χ1v) is 8.27. The third-order valence-electron chi connectivity index (χ3n) is 3.41. The zero-order valence-corrected chi connectivity index (χ0v) is 14.7. The van der Waals surface area contributed by atoms with Gasteiger partial charge in [-0.2, -0.15) is 0 Å². The first kappa shape index (κ1) is 19.3. The molecule has 0 saturated heterocycles. The highest BCUT2D eigenvalue weighted by atomic mass is 16.5. The fourth-order valence-corrected chi connectivity index (χ4v) is 2.02. The largest absolute Gasteiger partial charge is 0.493 e. The summed E-state index contributed by atoms with van der Waals surface area (Å²) in [7, 11) is 1.53. The quantitative estimate of drug-likeness (QED) is 0.538. The Hall–Kier alpha value is -3.03. The van der Waals surface area contributed by atoms with Crippen LogP contribution in [0, 0.1) is 0 Å². The van der Waals surface area contributed by atoms with Gasteiger partial charge in [0.2, 0.25) is 0 Å². The van der Waals surface area contributed by atoms with Gasteiger partial charge in [0.05, 0.1) is 13.7 Å². The van der Waals surface area contributed by atoms with Gasteiger partial charge in [-0.15, -0.1) is 0 Å². The van der Waals surface area contributed by atoms with Crippen LogP contribution in [0.5, 0.6) is 11.5 Å². The number of methoxy groups -OCH3 is 1. The number of esters is 1. The van der Waals surface area contributed by atoms with Crippen LogP contribution in [-0.4, -0.2) is 44.3 Å². The Morgan fingerprint density at radius 2 is 2.00 bits per heavy atom. The zero-order valence-electron chi connectivity index (χ0n) is 14.7. The van der Waals surface area contributed by atoms with E-state index in [2.05, 4.69) is 10.6 Å². The Bertz CT molecular complexity index is 697. The van der Waals surface area contributed by atoms with Crippen LogP contribution in [0.3, 0.4) is 0 Å². The molecule has 1 aliphatic rings. The number of nitrogens with one attached hydrogen (secondary N) is 2. The standard InChI is InChI=1S/C18H22N2O6/c1-3-25-14-8-4-12(10-15(14)24-2)5-9-17(22)26-11-16(21)20-18(23)19-13-6-7-13/h4-5,8-10,13H,3,6-7,11H2,1-2H3,(H2,19,20,21,23)/b9-5+. The van der Waals surface area contributed by atoms with Crippen LogP contribution in [0.1, 0.15) is 25.3 Å². The van der Waals surface area contributed by atoms with Gasteiger partial charge in [-0.3, -0.25) is 10.1 Å². The molecule has 1 aliphatic carbocycles. The zero-order chi connectivity index (χ0) is 18.9. The van der Waals surface area contributed by atoms with E-state index in [-0.39, 0.29) is 6.04 Å². The first-order valence-electron chi connectivity index (χ1n) is 8.27. The fraction of sp³-hybridized carbons (Fsp3) is 0.389. The van der Waals surface area contributed by atoms with Gasteiger partial charge in [-0.25, -0.2) is 9.59 Å². The number of ether oxygens (including phenoxy) is 3. The van der Waals surface area contributed by atoms with Crippen molar-refractivity contribution >= 4 is 24.0 Å². The molecule has 140 valence electrons. The second kappa shape index (κ2) is 9.45. The number of hydrogen-bond donors (Lipinski definition) is 2. The molecule has 0 aliphatic heterocycles. The number of carbonyl (C=O) groups excluding carboxylic acids is 3. The van der Waals surface area contributed by atoms with Crippen LogP contribution in [0.4, 0.5) is 4.79 Å².